The van der Waals surface area contributed by atoms with Gasteiger partial charge in [-0.05, 0) is 93.4 Å². The number of nitrogens with zero attached hydrogens (tertiary/aromatic N) is 5. The van der Waals surface area contributed by atoms with Gasteiger partial charge in [-0.15, -0.1) is 12.4 Å². The second-order valence-corrected chi connectivity index (χ2v) is 14.2. The highest BCUT2D eigenvalue weighted by Gasteiger charge is 2.44. The van der Waals surface area contributed by atoms with E-state index in [4.69, 9.17) is 11.6 Å². The Bertz CT molecular complexity index is 1200. The molecule has 0 spiro atoms. The molecule has 2 aromatic rings. The number of hydrogen-bond donors (Lipinski definition) is 2. The molecule has 6 rings (SSSR count). The highest BCUT2D eigenvalue weighted by atomic mass is 35.5. The molecule has 3 saturated heterocycles. The molecule has 4 heterocycles. The molecule has 0 bridgehead atoms. The van der Waals surface area contributed by atoms with Crippen molar-refractivity contribution in [1.82, 2.24) is 35.2 Å². The monoisotopic (exact) mass is 659 g/mol. The number of rotatable bonds is 9. The van der Waals surface area contributed by atoms with E-state index in [1.165, 1.54) is 32.1 Å². The Morgan fingerprint density at radius 1 is 0.933 bits per heavy atom. The summed E-state index contributed by atoms with van der Waals surface area (Å²) in [4.78, 5) is 35.7. The average molecular weight is 661 g/mol. The summed E-state index contributed by atoms with van der Waals surface area (Å²) in [5, 5.41) is 12.4. The van der Waals surface area contributed by atoms with Crippen molar-refractivity contribution < 1.29 is 9.59 Å². The third-order valence-corrected chi connectivity index (χ3v) is 11.2. The molecule has 9 nitrogen and oxygen atoms in total. The van der Waals surface area contributed by atoms with E-state index in [-0.39, 0.29) is 47.8 Å². The van der Waals surface area contributed by atoms with Crippen LogP contribution in [0.2, 0.25) is 5.02 Å². The summed E-state index contributed by atoms with van der Waals surface area (Å²) in [6, 6.07) is 7.75. The molecule has 248 valence electrons. The topological polar surface area (TPSA) is 95.4 Å². The highest BCUT2D eigenvalue weighted by molar-refractivity contribution is 6.30. The molecular weight excluding hydrogens is 609 g/mol. The molecule has 1 saturated carbocycles. The summed E-state index contributed by atoms with van der Waals surface area (Å²) in [6.45, 7) is 4.87. The first-order chi connectivity index (χ1) is 21.5. The molecule has 0 radical (unpaired) electrons. The minimum atomic E-state index is -0.305. The van der Waals surface area contributed by atoms with E-state index in [1.54, 1.807) is 6.33 Å². The number of nitrogens with one attached hydrogen (secondary N) is 2. The van der Waals surface area contributed by atoms with Crippen molar-refractivity contribution in [2.24, 2.45) is 11.3 Å². The normalized spacial score (nSPS) is 23.7. The van der Waals surface area contributed by atoms with Crippen molar-refractivity contribution in [1.29, 1.82) is 0 Å². The molecule has 3 aliphatic heterocycles. The van der Waals surface area contributed by atoms with Crippen molar-refractivity contribution in [3.05, 3.63) is 47.5 Å². The predicted octanol–water partition coefficient (Wildman–Crippen LogP) is 4.88. The van der Waals surface area contributed by atoms with Crippen LogP contribution in [-0.2, 0) is 22.6 Å². The van der Waals surface area contributed by atoms with Crippen molar-refractivity contribution in [3.8, 4) is 0 Å². The lowest BCUT2D eigenvalue weighted by Gasteiger charge is -2.48. The molecule has 45 heavy (non-hydrogen) atoms. The lowest BCUT2D eigenvalue weighted by atomic mass is 9.63. The predicted molar refractivity (Wildman–Crippen MR) is 179 cm³/mol. The summed E-state index contributed by atoms with van der Waals surface area (Å²) < 4.78 is 2.01. The van der Waals surface area contributed by atoms with Crippen LogP contribution >= 0.6 is 24.0 Å². The van der Waals surface area contributed by atoms with E-state index in [0.717, 1.165) is 89.8 Å². The van der Waals surface area contributed by atoms with Crippen LogP contribution in [0.1, 0.15) is 82.6 Å². The van der Waals surface area contributed by atoms with Gasteiger partial charge in [0, 0.05) is 43.8 Å². The van der Waals surface area contributed by atoms with E-state index in [2.05, 4.69) is 25.6 Å². The molecule has 4 fully saturated rings. The zero-order chi connectivity index (χ0) is 30.4. The fourth-order valence-electron chi connectivity index (χ4n) is 8.35. The van der Waals surface area contributed by atoms with E-state index < -0.39 is 0 Å². The number of benzene rings is 1. The van der Waals surface area contributed by atoms with Crippen LogP contribution in [0.4, 0.5) is 0 Å². The zero-order valence-corrected chi connectivity index (χ0v) is 28.1. The Labute approximate surface area is 279 Å². The molecule has 0 unspecified atom stereocenters. The quantitative estimate of drug-likeness (QED) is 0.399. The zero-order valence-electron chi connectivity index (χ0n) is 26.5. The van der Waals surface area contributed by atoms with E-state index >= 15 is 0 Å². The first kappa shape index (κ1) is 34.1. The van der Waals surface area contributed by atoms with Gasteiger partial charge >= 0.3 is 0 Å². The fraction of sp³-hybridized carbons (Fsp3) is 0.706. The first-order valence-corrected chi connectivity index (χ1v) is 17.5. The molecule has 1 aromatic heterocycles. The maximum atomic E-state index is 14.3. The van der Waals surface area contributed by atoms with Crippen molar-refractivity contribution in [2.75, 3.05) is 32.7 Å². The van der Waals surface area contributed by atoms with Crippen LogP contribution in [0.3, 0.4) is 0 Å². The summed E-state index contributed by atoms with van der Waals surface area (Å²) in [5.41, 5.74) is 1.27. The van der Waals surface area contributed by atoms with E-state index in [0.29, 0.717) is 17.4 Å². The molecule has 2 N–H and O–H groups in total. The number of piperidine rings is 3. The second-order valence-electron chi connectivity index (χ2n) is 13.8. The van der Waals surface area contributed by atoms with Crippen LogP contribution in [-0.4, -0.2) is 87.2 Å². The number of amides is 2. The van der Waals surface area contributed by atoms with Gasteiger partial charge in [-0.3, -0.25) is 14.3 Å². The van der Waals surface area contributed by atoms with Gasteiger partial charge in [0.05, 0.1) is 12.1 Å². The maximum absolute atomic E-state index is 14.3. The minimum absolute atomic E-state index is 0. The van der Waals surface area contributed by atoms with Crippen molar-refractivity contribution in [3.63, 3.8) is 0 Å². The number of carbonyl (C=O) groups excluding carboxylic acids is 2. The van der Waals surface area contributed by atoms with Crippen LogP contribution in [0.15, 0.2) is 36.9 Å². The maximum Gasteiger partial charge on any atom is 0.240 e. The van der Waals surface area contributed by atoms with Crippen LogP contribution in [0, 0.1) is 11.3 Å². The average Bonchev–Trinajstić information content (AvgIpc) is 3.59. The molecule has 2 atom stereocenters. The third-order valence-electron chi connectivity index (χ3n) is 11.0. The van der Waals surface area contributed by atoms with Gasteiger partial charge in [0.15, 0.2) is 0 Å². The lowest BCUT2D eigenvalue weighted by molar-refractivity contribution is -0.138. The smallest absolute Gasteiger partial charge is 0.240 e. The summed E-state index contributed by atoms with van der Waals surface area (Å²) in [6.07, 6.45) is 17.6. The van der Waals surface area contributed by atoms with Gasteiger partial charge in [0.2, 0.25) is 11.8 Å². The fourth-order valence-corrected chi connectivity index (χ4v) is 8.47. The minimum Gasteiger partial charge on any atom is -0.341 e. The lowest BCUT2D eigenvalue weighted by Crippen LogP contribution is -2.57. The molecule has 11 heteroatoms. The first-order valence-electron chi connectivity index (χ1n) is 17.1. The number of aromatic nitrogens is 3. The number of hydrogen-bond acceptors (Lipinski definition) is 6. The Hall–Kier alpha value is -2.20. The number of likely N-dealkylation sites (tertiary alicyclic amines) is 2. The molecular formula is C34H51Cl2N7O2. The van der Waals surface area contributed by atoms with Gasteiger partial charge in [-0.2, -0.15) is 5.10 Å². The second kappa shape index (κ2) is 16.1. The standard InChI is InChI=1S/C34H50ClN7O2.ClH/c35-28-11-9-26(10-12-28)22-31(39-29-13-18-40(19-14-29)32(43)30-8-4-5-17-37-30)33(44)41-20-15-34(16-21-41,23-42-25-36-24-38-42)27-6-2-1-3-7-27;/h9-12,24-25,27,29-31,37,39H,1-8,13-23H2;1H/t30-,31+;/m0./s1. The van der Waals surface area contributed by atoms with E-state index in [1.807, 2.05) is 40.2 Å². The third kappa shape index (κ3) is 8.59. The number of halogens is 2. The number of carbonyl (C=O) groups is 2. The van der Waals surface area contributed by atoms with Crippen LogP contribution in [0.5, 0.6) is 0 Å². The van der Waals surface area contributed by atoms with Crippen LogP contribution in [0.25, 0.3) is 0 Å². The van der Waals surface area contributed by atoms with Gasteiger partial charge in [0.1, 0.15) is 12.7 Å². The van der Waals surface area contributed by atoms with Gasteiger partial charge in [-0.1, -0.05) is 49.4 Å². The Morgan fingerprint density at radius 3 is 2.29 bits per heavy atom. The Kier molecular flexibility index (Phi) is 12.2. The van der Waals surface area contributed by atoms with Crippen molar-refractivity contribution in [2.45, 2.75) is 108 Å². The van der Waals surface area contributed by atoms with E-state index in [9.17, 15) is 9.59 Å². The summed E-state index contributed by atoms with van der Waals surface area (Å²) in [7, 11) is 0. The Morgan fingerprint density at radius 2 is 1.64 bits per heavy atom. The molecule has 1 aliphatic carbocycles. The molecule has 2 amide bonds. The van der Waals surface area contributed by atoms with Crippen molar-refractivity contribution >= 4 is 35.8 Å². The Balaban J connectivity index is 0.00000400. The molecule has 1 aromatic carbocycles. The molecule has 4 aliphatic rings. The highest BCUT2D eigenvalue weighted by Crippen LogP contribution is 2.47. The van der Waals surface area contributed by atoms with Crippen LogP contribution < -0.4 is 10.6 Å². The van der Waals surface area contributed by atoms with Gasteiger partial charge in [0.25, 0.3) is 0 Å². The largest absolute Gasteiger partial charge is 0.341 e. The summed E-state index contributed by atoms with van der Waals surface area (Å²) in [5.74, 6) is 1.12. The summed E-state index contributed by atoms with van der Waals surface area (Å²) >= 11 is 6.19. The van der Waals surface area contributed by atoms with Gasteiger partial charge in [-0.25, -0.2) is 4.98 Å². The van der Waals surface area contributed by atoms with Gasteiger partial charge < -0.3 is 20.4 Å². The SMILES string of the molecule is Cl.O=C([C@@H]1CCCCN1)N1CCC(N[C@H](Cc2ccc(Cl)cc2)C(=O)N2CCC(Cn3cncn3)(C3CCCCC3)CC2)CC1.